The molecule has 0 atom stereocenters. The lowest BCUT2D eigenvalue weighted by Gasteiger charge is -1.97. The third kappa shape index (κ3) is 2.93. The van der Waals surface area contributed by atoms with Gasteiger partial charge in [-0.25, -0.2) is 4.99 Å². The van der Waals surface area contributed by atoms with Gasteiger partial charge in [0.15, 0.2) is 0 Å². The minimum atomic E-state index is -0.518. The van der Waals surface area contributed by atoms with E-state index in [9.17, 15) is 10.1 Å². The lowest BCUT2D eigenvalue weighted by atomic mass is 10.2. The Labute approximate surface area is 125 Å². The van der Waals surface area contributed by atoms with E-state index in [4.69, 9.17) is 21.3 Å². The minimum Gasteiger partial charge on any atom is -0.442 e. The normalized spacial score (nSPS) is 10.8. The predicted molar refractivity (Wildman–Crippen MR) is 78.3 cm³/mol. The maximum Gasteiger partial charge on any atom is 0.270 e. The van der Waals surface area contributed by atoms with Gasteiger partial charge < -0.3 is 4.42 Å². The van der Waals surface area contributed by atoms with Gasteiger partial charge in [0.05, 0.1) is 4.92 Å². The SMILES string of the molecule is Cc1oc(N=Cc2cc([N+](=O)[O-])ccc2Cl)c(C#N)c1C. The van der Waals surface area contributed by atoms with Gasteiger partial charge in [-0.05, 0) is 19.9 Å². The standard InChI is InChI=1S/C14H10ClN3O3/c1-8-9(2)21-14(12(8)6-16)17-7-10-5-11(18(19)20)3-4-13(10)15/h3-5,7H,1-2H3. The average molecular weight is 304 g/mol. The zero-order valence-corrected chi connectivity index (χ0v) is 12.0. The van der Waals surface area contributed by atoms with Crippen molar-refractivity contribution in [3.05, 3.63) is 55.8 Å². The van der Waals surface area contributed by atoms with Crippen LogP contribution in [-0.4, -0.2) is 11.1 Å². The molecule has 0 fully saturated rings. The number of aliphatic imine (C=N–C) groups is 1. The van der Waals surface area contributed by atoms with Crippen LogP contribution in [0.2, 0.25) is 5.02 Å². The number of nitrogens with zero attached hydrogens (tertiary/aromatic N) is 3. The second-order valence-electron chi connectivity index (χ2n) is 4.30. The van der Waals surface area contributed by atoms with Crippen molar-refractivity contribution in [1.82, 2.24) is 0 Å². The van der Waals surface area contributed by atoms with E-state index in [1.807, 2.05) is 6.07 Å². The Bertz CT molecular complexity index is 787. The van der Waals surface area contributed by atoms with Gasteiger partial charge in [-0.1, -0.05) is 11.6 Å². The lowest BCUT2D eigenvalue weighted by Crippen LogP contribution is -1.90. The zero-order valence-electron chi connectivity index (χ0n) is 11.3. The molecule has 6 nitrogen and oxygen atoms in total. The fourth-order valence-electron chi connectivity index (χ4n) is 1.70. The first kappa shape index (κ1) is 14.8. The predicted octanol–water partition coefficient (Wildman–Crippen LogP) is 4.08. The Morgan fingerprint density at radius 2 is 2.19 bits per heavy atom. The quantitative estimate of drug-likeness (QED) is 0.485. The van der Waals surface area contributed by atoms with E-state index >= 15 is 0 Å². The molecule has 0 saturated carbocycles. The van der Waals surface area contributed by atoms with Gasteiger partial charge in [0, 0.05) is 34.5 Å². The summed E-state index contributed by atoms with van der Waals surface area (Å²) in [5.74, 6) is 0.763. The van der Waals surface area contributed by atoms with Crippen LogP contribution in [0.3, 0.4) is 0 Å². The molecule has 2 aromatic rings. The van der Waals surface area contributed by atoms with Crippen LogP contribution in [-0.2, 0) is 0 Å². The van der Waals surface area contributed by atoms with E-state index in [0.29, 0.717) is 21.9 Å². The van der Waals surface area contributed by atoms with E-state index in [1.54, 1.807) is 13.8 Å². The molecule has 0 aliphatic heterocycles. The summed E-state index contributed by atoms with van der Waals surface area (Å²) in [6.07, 6.45) is 1.34. The summed E-state index contributed by atoms with van der Waals surface area (Å²) in [5, 5.41) is 20.1. The number of nitriles is 1. The molecule has 21 heavy (non-hydrogen) atoms. The van der Waals surface area contributed by atoms with Crippen LogP contribution in [0.5, 0.6) is 0 Å². The van der Waals surface area contributed by atoms with Gasteiger partial charge >= 0.3 is 0 Å². The summed E-state index contributed by atoms with van der Waals surface area (Å²) in [4.78, 5) is 14.3. The molecule has 0 N–H and O–H groups in total. The number of halogens is 1. The Hall–Kier alpha value is -2.65. The van der Waals surface area contributed by atoms with Crippen LogP contribution in [0.4, 0.5) is 11.6 Å². The van der Waals surface area contributed by atoms with Gasteiger partial charge in [0.1, 0.15) is 17.4 Å². The summed E-state index contributed by atoms with van der Waals surface area (Å²) in [6, 6.07) is 6.05. The number of nitro benzene ring substituents is 1. The Balaban J connectivity index is 2.43. The Kier molecular flexibility index (Phi) is 4.05. The van der Waals surface area contributed by atoms with E-state index in [-0.39, 0.29) is 11.6 Å². The summed E-state index contributed by atoms with van der Waals surface area (Å²) in [6.45, 7) is 3.49. The minimum absolute atomic E-state index is 0.0897. The number of nitro groups is 1. The fourth-order valence-corrected chi connectivity index (χ4v) is 1.87. The number of non-ortho nitro benzene ring substituents is 1. The molecule has 0 bridgehead atoms. The molecule has 106 valence electrons. The lowest BCUT2D eigenvalue weighted by molar-refractivity contribution is -0.384. The maximum absolute atomic E-state index is 10.7. The van der Waals surface area contributed by atoms with Gasteiger partial charge in [-0.15, -0.1) is 0 Å². The molecule has 0 saturated heterocycles. The van der Waals surface area contributed by atoms with Crippen LogP contribution in [0.1, 0.15) is 22.5 Å². The number of furan rings is 1. The topological polar surface area (TPSA) is 92.4 Å². The molecule has 2 rings (SSSR count). The van der Waals surface area contributed by atoms with Crippen LogP contribution < -0.4 is 0 Å². The van der Waals surface area contributed by atoms with Crippen molar-refractivity contribution < 1.29 is 9.34 Å². The first-order valence-electron chi connectivity index (χ1n) is 5.92. The molecule has 0 aliphatic carbocycles. The monoisotopic (exact) mass is 303 g/mol. The second-order valence-corrected chi connectivity index (χ2v) is 4.70. The molecule has 0 unspecified atom stereocenters. The second kappa shape index (κ2) is 5.77. The zero-order chi connectivity index (χ0) is 15.6. The van der Waals surface area contributed by atoms with Crippen molar-refractivity contribution in [1.29, 1.82) is 5.26 Å². The number of aryl methyl sites for hydroxylation is 1. The Morgan fingerprint density at radius 1 is 1.48 bits per heavy atom. The highest BCUT2D eigenvalue weighted by molar-refractivity contribution is 6.33. The third-order valence-electron chi connectivity index (χ3n) is 2.99. The Morgan fingerprint density at radius 3 is 2.81 bits per heavy atom. The van der Waals surface area contributed by atoms with Crippen molar-refractivity contribution in [2.45, 2.75) is 13.8 Å². The summed E-state index contributed by atoms with van der Waals surface area (Å²) in [5.41, 5.74) is 1.34. The van der Waals surface area contributed by atoms with Crippen LogP contribution in [0.15, 0.2) is 27.6 Å². The van der Waals surface area contributed by atoms with Crippen LogP contribution in [0, 0.1) is 35.3 Å². The highest BCUT2D eigenvalue weighted by atomic mass is 35.5. The van der Waals surface area contributed by atoms with Crippen molar-refractivity contribution in [3.8, 4) is 6.07 Å². The molecule has 0 radical (unpaired) electrons. The summed E-state index contributed by atoms with van der Waals surface area (Å²) in [7, 11) is 0. The number of rotatable bonds is 3. The third-order valence-corrected chi connectivity index (χ3v) is 3.33. The number of benzene rings is 1. The highest BCUT2D eigenvalue weighted by Crippen LogP contribution is 2.28. The smallest absolute Gasteiger partial charge is 0.270 e. The van der Waals surface area contributed by atoms with Gasteiger partial charge in [0.2, 0.25) is 5.88 Å². The van der Waals surface area contributed by atoms with Crippen molar-refractivity contribution in [2.75, 3.05) is 0 Å². The molecule has 0 spiro atoms. The average Bonchev–Trinajstić information content (AvgIpc) is 2.72. The number of hydrogen-bond acceptors (Lipinski definition) is 5. The summed E-state index contributed by atoms with van der Waals surface area (Å²) < 4.78 is 5.38. The van der Waals surface area contributed by atoms with Crippen LogP contribution >= 0.6 is 11.6 Å². The highest BCUT2D eigenvalue weighted by Gasteiger charge is 2.13. The maximum atomic E-state index is 10.7. The van der Waals surface area contributed by atoms with E-state index < -0.39 is 4.92 Å². The summed E-state index contributed by atoms with van der Waals surface area (Å²) >= 11 is 5.97. The molecule has 0 amide bonds. The van der Waals surface area contributed by atoms with E-state index in [1.165, 1.54) is 24.4 Å². The van der Waals surface area contributed by atoms with Gasteiger partial charge in [-0.2, -0.15) is 5.26 Å². The van der Waals surface area contributed by atoms with Crippen molar-refractivity contribution in [3.63, 3.8) is 0 Å². The first-order valence-corrected chi connectivity index (χ1v) is 6.30. The van der Waals surface area contributed by atoms with Crippen LogP contribution in [0.25, 0.3) is 0 Å². The van der Waals surface area contributed by atoms with E-state index in [0.717, 1.165) is 5.56 Å². The molecule has 1 aromatic carbocycles. The molecular formula is C14H10ClN3O3. The molecule has 1 heterocycles. The largest absolute Gasteiger partial charge is 0.442 e. The van der Waals surface area contributed by atoms with E-state index in [2.05, 4.69) is 4.99 Å². The molecule has 1 aromatic heterocycles. The number of hydrogen-bond donors (Lipinski definition) is 0. The van der Waals surface area contributed by atoms with Crippen molar-refractivity contribution >= 4 is 29.4 Å². The van der Waals surface area contributed by atoms with Gasteiger partial charge in [-0.3, -0.25) is 10.1 Å². The molecular weight excluding hydrogens is 294 g/mol. The van der Waals surface area contributed by atoms with Crippen molar-refractivity contribution in [2.24, 2.45) is 4.99 Å². The fraction of sp³-hybridized carbons (Fsp3) is 0.143. The van der Waals surface area contributed by atoms with Gasteiger partial charge in [0.25, 0.3) is 5.69 Å². The molecule has 7 heteroatoms. The molecule has 0 aliphatic rings. The first-order chi connectivity index (χ1) is 9.93.